The molecule has 0 aliphatic carbocycles. The molecular formula is H5BMgSiZn. The molecule has 0 heterocycles. The van der Waals surface area contributed by atoms with Gasteiger partial charge >= 0.3 is 23.1 Å². The van der Waals surface area contributed by atoms with E-state index in [9.17, 15) is 0 Å². The van der Waals surface area contributed by atoms with E-state index < -0.39 is 0 Å². The van der Waals surface area contributed by atoms with Gasteiger partial charge in [-0.15, -0.1) is 0 Å². The normalized spacial score (nSPS) is 0. The SMILES string of the molecule is [B].[H-].[H-].[Mg+2].[SiH3].[Zn]. The van der Waals surface area contributed by atoms with Crippen LogP contribution in [0, 0.1) is 0 Å². The fourth-order valence-corrected chi connectivity index (χ4v) is 0. The van der Waals surface area contributed by atoms with Crippen LogP contribution in [0.5, 0.6) is 0 Å². The van der Waals surface area contributed by atoms with Crippen LogP contribution in [0.3, 0.4) is 0 Å². The Balaban J connectivity index is 0. The van der Waals surface area contributed by atoms with Crippen molar-refractivity contribution in [3.8, 4) is 0 Å². The minimum Gasteiger partial charge on any atom is -1.00 e. The largest absolute Gasteiger partial charge is 2.00 e. The fourth-order valence-electron chi connectivity index (χ4n) is 0. The Morgan fingerprint density at radius 2 is 1.25 bits per heavy atom. The van der Waals surface area contributed by atoms with Gasteiger partial charge in [-0.1, -0.05) is 0 Å². The van der Waals surface area contributed by atoms with E-state index in [1.165, 1.54) is 0 Å². The molecule has 4 heavy (non-hydrogen) atoms. The van der Waals surface area contributed by atoms with Crippen LogP contribution in [0.2, 0.25) is 0 Å². The Bertz CT molecular complexity index is 13.5. The molecular weight excluding hydrogens is 129 g/mol. The third kappa shape index (κ3) is 9.38. The van der Waals surface area contributed by atoms with Crippen molar-refractivity contribution in [3.63, 3.8) is 0 Å². The van der Waals surface area contributed by atoms with Crippen molar-refractivity contribution in [1.82, 2.24) is 0 Å². The maximum Gasteiger partial charge on any atom is 2.00 e. The molecule has 0 rings (SSSR count). The Hall–Kier alpha value is 1.67. The molecule has 0 aliphatic rings. The first-order valence-electron chi connectivity index (χ1n) is 0. The topological polar surface area (TPSA) is 0 Å². The van der Waals surface area contributed by atoms with Crippen LogP contribution in [-0.4, -0.2) is 42.4 Å². The van der Waals surface area contributed by atoms with E-state index in [0.717, 1.165) is 0 Å². The van der Waals surface area contributed by atoms with Gasteiger partial charge in [0, 0.05) is 27.9 Å². The molecule has 0 aliphatic heterocycles. The van der Waals surface area contributed by atoms with Crippen LogP contribution in [0.25, 0.3) is 0 Å². The monoisotopic (exact) mass is 132 g/mol. The van der Waals surface area contributed by atoms with Crippen molar-refractivity contribution in [2.45, 2.75) is 0 Å². The third-order valence-electron chi connectivity index (χ3n) is 0. The molecule has 0 saturated heterocycles. The Labute approximate surface area is 64.6 Å². The standard InChI is InChI=1S/B.Mg.H3Si.Zn.2H/h;;1H3;;;/q;+2;;;2*-1. The van der Waals surface area contributed by atoms with Crippen LogP contribution >= 0.6 is 0 Å². The van der Waals surface area contributed by atoms with Gasteiger partial charge in [0.15, 0.2) is 0 Å². The molecule has 0 amide bonds. The third-order valence-corrected chi connectivity index (χ3v) is 0. The summed E-state index contributed by atoms with van der Waals surface area (Å²) < 4.78 is 0. The molecule has 0 atom stereocenters. The van der Waals surface area contributed by atoms with Crippen molar-refractivity contribution in [2.24, 2.45) is 0 Å². The zero-order valence-corrected chi connectivity index (χ0v) is 9.37. The average molecular weight is 134 g/mol. The first-order chi connectivity index (χ1) is 0. The van der Waals surface area contributed by atoms with Crippen LogP contribution in [0.4, 0.5) is 0 Å². The van der Waals surface area contributed by atoms with E-state index in [0.29, 0.717) is 0 Å². The predicted molar refractivity (Wildman–Crippen MR) is 23.7 cm³/mol. The van der Waals surface area contributed by atoms with Crippen molar-refractivity contribution < 1.29 is 22.3 Å². The molecule has 0 N–H and O–H groups in total. The second-order valence-electron chi connectivity index (χ2n) is 0. The average Bonchev–Trinajstić information content (AvgIpc) is 0. The van der Waals surface area contributed by atoms with Gasteiger partial charge in [-0.3, -0.25) is 0 Å². The van der Waals surface area contributed by atoms with Gasteiger partial charge in [0.1, 0.15) is 0 Å². The van der Waals surface area contributed by atoms with Crippen molar-refractivity contribution >= 4 is 42.4 Å². The molecule has 0 aromatic rings. The minimum absolute atomic E-state index is 0. The number of hydrogen-bond donors (Lipinski definition) is 0. The Kier molecular flexibility index (Phi) is 250. The Morgan fingerprint density at radius 3 is 1.25 bits per heavy atom. The second kappa shape index (κ2) is 22.5. The molecule has 0 nitrogen and oxygen atoms in total. The molecule has 0 spiro atoms. The first kappa shape index (κ1) is 44.3. The van der Waals surface area contributed by atoms with Crippen LogP contribution < -0.4 is 0 Å². The zero-order chi connectivity index (χ0) is 0. The summed E-state index contributed by atoms with van der Waals surface area (Å²) >= 11 is 0. The summed E-state index contributed by atoms with van der Waals surface area (Å²) in [4.78, 5) is 0. The minimum atomic E-state index is 0. The molecule has 0 aromatic heterocycles. The number of rotatable bonds is 0. The van der Waals surface area contributed by atoms with E-state index >= 15 is 0 Å². The fraction of sp³-hybridized carbons (Fsp3) is 0. The predicted octanol–water partition coefficient (Wildman–Crippen LogP) is -1.72. The van der Waals surface area contributed by atoms with Gasteiger partial charge in [-0.05, 0) is 11.0 Å². The van der Waals surface area contributed by atoms with E-state index in [2.05, 4.69) is 0 Å². The maximum absolute atomic E-state index is 0. The summed E-state index contributed by atoms with van der Waals surface area (Å²) in [5, 5.41) is 0. The quantitative estimate of drug-likeness (QED) is 0.345. The van der Waals surface area contributed by atoms with E-state index in [1.54, 1.807) is 0 Å². The summed E-state index contributed by atoms with van der Waals surface area (Å²) in [6, 6.07) is 0. The van der Waals surface area contributed by atoms with Crippen molar-refractivity contribution in [1.29, 1.82) is 0 Å². The van der Waals surface area contributed by atoms with Gasteiger partial charge in [-0.25, -0.2) is 0 Å². The van der Waals surface area contributed by atoms with Gasteiger partial charge in [0.25, 0.3) is 0 Å². The van der Waals surface area contributed by atoms with Crippen molar-refractivity contribution in [2.75, 3.05) is 0 Å². The summed E-state index contributed by atoms with van der Waals surface area (Å²) in [5.74, 6) is 0. The van der Waals surface area contributed by atoms with E-state index in [4.69, 9.17) is 0 Å². The molecule has 16 valence electrons. The summed E-state index contributed by atoms with van der Waals surface area (Å²) in [5.41, 5.74) is 0. The molecule has 4 radical (unpaired) electrons. The molecule has 0 bridgehead atoms. The van der Waals surface area contributed by atoms with Gasteiger partial charge in [0.2, 0.25) is 0 Å². The Morgan fingerprint density at radius 1 is 1.25 bits per heavy atom. The molecule has 0 fully saturated rings. The molecule has 0 saturated carbocycles. The zero-order valence-electron chi connectivity index (χ0n) is 4.99. The van der Waals surface area contributed by atoms with Crippen LogP contribution in [-0.2, 0) is 19.5 Å². The van der Waals surface area contributed by atoms with Crippen molar-refractivity contribution in [3.05, 3.63) is 0 Å². The van der Waals surface area contributed by atoms with Crippen LogP contribution in [0.1, 0.15) is 2.85 Å². The van der Waals surface area contributed by atoms with E-state index in [-0.39, 0.29) is 64.8 Å². The molecule has 0 unspecified atom stereocenters. The second-order valence-corrected chi connectivity index (χ2v) is 0. The van der Waals surface area contributed by atoms with Gasteiger partial charge < -0.3 is 2.85 Å². The van der Waals surface area contributed by atoms with E-state index in [1.807, 2.05) is 0 Å². The van der Waals surface area contributed by atoms with Gasteiger partial charge in [-0.2, -0.15) is 0 Å². The summed E-state index contributed by atoms with van der Waals surface area (Å²) in [7, 11) is 0. The van der Waals surface area contributed by atoms with Crippen LogP contribution in [0.15, 0.2) is 0 Å². The summed E-state index contributed by atoms with van der Waals surface area (Å²) in [6.45, 7) is 0. The summed E-state index contributed by atoms with van der Waals surface area (Å²) in [6.07, 6.45) is 0. The number of hydrogen-bond acceptors (Lipinski definition) is 0. The maximum atomic E-state index is 0. The smallest absolute Gasteiger partial charge is 1.00 e. The molecule has 4 heteroatoms. The first-order valence-corrected chi connectivity index (χ1v) is 0. The molecule has 0 aromatic carbocycles. The van der Waals surface area contributed by atoms with Gasteiger partial charge in [0.05, 0.1) is 0 Å².